The summed E-state index contributed by atoms with van der Waals surface area (Å²) in [4.78, 5) is 11.3. The van der Waals surface area contributed by atoms with E-state index in [2.05, 4.69) is 6.07 Å². The number of nitriles is 1. The molecule has 124 valence electrons. The Morgan fingerprint density at radius 1 is 1.24 bits per heavy atom. The first-order valence-electron chi connectivity index (χ1n) is 7.43. The molecule has 0 unspecified atom stereocenters. The average Bonchev–Trinajstić information content (AvgIpc) is 2.90. The smallest absolute Gasteiger partial charge is 0.237 e. The molecule has 0 saturated carbocycles. The predicted molar refractivity (Wildman–Crippen MR) is 101 cm³/mol. The summed E-state index contributed by atoms with van der Waals surface area (Å²) < 4.78 is 1.77. The standard InChI is InChI=1S/C19H13Cl2N3O/c20-14-5-6-15(17(21)8-14)12(9-22)7-13-10-24(11-19(23)25)18-4-2-1-3-16(13)18/h1-8,10H,11H2,(H2,23,25)/b12-7-. The molecule has 3 rings (SSSR count). The molecule has 3 aromatic rings. The molecular formula is C19H13Cl2N3O. The molecule has 2 aromatic carbocycles. The van der Waals surface area contributed by atoms with Crippen LogP contribution in [0.15, 0.2) is 48.7 Å². The number of para-hydroxylation sites is 1. The minimum absolute atomic E-state index is 0.0674. The lowest BCUT2D eigenvalue weighted by Gasteiger charge is -2.03. The van der Waals surface area contributed by atoms with Crippen LogP contribution in [0.2, 0.25) is 10.0 Å². The molecule has 6 heteroatoms. The van der Waals surface area contributed by atoms with Gasteiger partial charge in [0.05, 0.1) is 16.7 Å². The minimum atomic E-state index is -0.433. The Hall–Kier alpha value is -2.74. The summed E-state index contributed by atoms with van der Waals surface area (Å²) in [5.41, 5.74) is 8.00. The molecule has 0 saturated heterocycles. The van der Waals surface area contributed by atoms with Crippen LogP contribution in [-0.4, -0.2) is 10.5 Å². The molecule has 0 aliphatic carbocycles. The van der Waals surface area contributed by atoms with E-state index in [0.717, 1.165) is 16.5 Å². The van der Waals surface area contributed by atoms with E-state index in [9.17, 15) is 10.1 Å². The molecule has 4 nitrogen and oxygen atoms in total. The molecule has 0 aliphatic rings. The zero-order valence-electron chi connectivity index (χ0n) is 13.0. The third-order valence-corrected chi connectivity index (χ3v) is 4.33. The number of halogens is 2. The Kier molecular flexibility index (Phi) is 4.80. The van der Waals surface area contributed by atoms with E-state index in [4.69, 9.17) is 28.9 Å². The molecule has 1 aromatic heterocycles. The SMILES string of the molecule is N#C/C(=C/c1cn(CC(N)=O)c2ccccc12)c1ccc(Cl)cc1Cl. The van der Waals surface area contributed by atoms with Crippen LogP contribution in [-0.2, 0) is 11.3 Å². The zero-order chi connectivity index (χ0) is 18.0. The van der Waals surface area contributed by atoms with E-state index in [0.29, 0.717) is 21.2 Å². The van der Waals surface area contributed by atoms with Crippen molar-refractivity contribution in [1.29, 1.82) is 5.26 Å². The Morgan fingerprint density at radius 3 is 2.68 bits per heavy atom. The molecule has 0 radical (unpaired) electrons. The quantitative estimate of drug-likeness (QED) is 0.687. The van der Waals surface area contributed by atoms with Gasteiger partial charge in [-0.15, -0.1) is 0 Å². The number of hydrogen-bond donors (Lipinski definition) is 1. The van der Waals surface area contributed by atoms with Crippen LogP contribution >= 0.6 is 23.2 Å². The zero-order valence-corrected chi connectivity index (χ0v) is 14.6. The summed E-state index contributed by atoms with van der Waals surface area (Å²) in [5.74, 6) is -0.433. The van der Waals surface area contributed by atoms with Crippen LogP contribution in [0.1, 0.15) is 11.1 Å². The number of carbonyl (C=O) groups is 1. The highest BCUT2D eigenvalue weighted by atomic mass is 35.5. The molecule has 0 bridgehead atoms. The molecule has 0 atom stereocenters. The van der Waals surface area contributed by atoms with Gasteiger partial charge in [0.1, 0.15) is 6.54 Å². The van der Waals surface area contributed by atoms with Crippen molar-refractivity contribution in [2.24, 2.45) is 5.73 Å². The molecule has 0 aliphatic heterocycles. The highest BCUT2D eigenvalue weighted by Gasteiger charge is 2.11. The number of fused-ring (bicyclic) bond motifs is 1. The van der Waals surface area contributed by atoms with Crippen molar-refractivity contribution in [3.63, 3.8) is 0 Å². The van der Waals surface area contributed by atoms with Gasteiger partial charge in [-0.25, -0.2) is 0 Å². The van der Waals surface area contributed by atoms with Gasteiger partial charge in [0.2, 0.25) is 5.91 Å². The lowest BCUT2D eigenvalue weighted by Crippen LogP contribution is -2.17. The second kappa shape index (κ2) is 7.02. The summed E-state index contributed by atoms with van der Waals surface area (Å²) >= 11 is 12.1. The van der Waals surface area contributed by atoms with E-state index in [1.165, 1.54) is 0 Å². The van der Waals surface area contributed by atoms with Crippen molar-refractivity contribution < 1.29 is 4.79 Å². The number of rotatable bonds is 4. The van der Waals surface area contributed by atoms with E-state index < -0.39 is 5.91 Å². The second-order valence-electron chi connectivity index (χ2n) is 5.49. The number of primary amides is 1. The van der Waals surface area contributed by atoms with Crippen LogP contribution in [0.5, 0.6) is 0 Å². The van der Waals surface area contributed by atoms with Crippen LogP contribution in [0.3, 0.4) is 0 Å². The first kappa shape index (κ1) is 17.1. The molecular weight excluding hydrogens is 357 g/mol. The molecule has 0 spiro atoms. The average molecular weight is 370 g/mol. The third-order valence-electron chi connectivity index (χ3n) is 3.79. The van der Waals surface area contributed by atoms with Crippen molar-refractivity contribution in [1.82, 2.24) is 4.57 Å². The van der Waals surface area contributed by atoms with Crippen molar-refractivity contribution >= 4 is 51.7 Å². The summed E-state index contributed by atoms with van der Waals surface area (Å²) in [6, 6.07) is 14.8. The molecule has 0 fully saturated rings. The number of hydrogen-bond acceptors (Lipinski definition) is 2. The molecule has 1 heterocycles. The number of aromatic nitrogens is 1. The summed E-state index contributed by atoms with van der Waals surface area (Å²) in [6.07, 6.45) is 3.55. The highest BCUT2D eigenvalue weighted by Crippen LogP contribution is 2.30. The maximum atomic E-state index is 11.3. The maximum absolute atomic E-state index is 11.3. The van der Waals surface area contributed by atoms with E-state index in [1.807, 2.05) is 24.3 Å². The van der Waals surface area contributed by atoms with Gasteiger partial charge in [-0.05, 0) is 24.3 Å². The Bertz CT molecular complexity index is 1040. The van der Waals surface area contributed by atoms with Gasteiger partial charge in [-0.2, -0.15) is 5.26 Å². The number of allylic oxidation sites excluding steroid dienone is 1. The summed E-state index contributed by atoms with van der Waals surface area (Å²) in [6.45, 7) is 0.0674. The lowest BCUT2D eigenvalue weighted by molar-refractivity contribution is -0.118. The first-order chi connectivity index (χ1) is 12.0. The van der Waals surface area contributed by atoms with Gasteiger partial charge >= 0.3 is 0 Å². The Labute approximate surface area is 154 Å². The Morgan fingerprint density at radius 2 is 2.00 bits per heavy atom. The van der Waals surface area contributed by atoms with Gasteiger partial charge < -0.3 is 10.3 Å². The fourth-order valence-electron chi connectivity index (χ4n) is 2.72. The third kappa shape index (κ3) is 3.53. The van der Waals surface area contributed by atoms with Gasteiger partial charge in [0.25, 0.3) is 0 Å². The largest absolute Gasteiger partial charge is 0.368 e. The summed E-state index contributed by atoms with van der Waals surface area (Å²) in [7, 11) is 0. The number of benzene rings is 2. The normalized spacial score (nSPS) is 11.5. The molecule has 1 amide bonds. The van der Waals surface area contributed by atoms with Crippen molar-refractivity contribution in [3.05, 3.63) is 69.8 Å². The fraction of sp³-hybridized carbons (Fsp3) is 0.0526. The maximum Gasteiger partial charge on any atom is 0.237 e. The topological polar surface area (TPSA) is 71.8 Å². The second-order valence-corrected chi connectivity index (χ2v) is 6.33. The number of carbonyl (C=O) groups excluding carboxylic acids is 1. The van der Waals surface area contributed by atoms with Crippen LogP contribution in [0.4, 0.5) is 0 Å². The highest BCUT2D eigenvalue weighted by molar-refractivity contribution is 6.36. The summed E-state index contributed by atoms with van der Waals surface area (Å²) in [5, 5.41) is 11.4. The molecule has 2 N–H and O–H groups in total. The van der Waals surface area contributed by atoms with Crippen LogP contribution in [0, 0.1) is 11.3 Å². The van der Waals surface area contributed by atoms with Crippen molar-refractivity contribution in [2.75, 3.05) is 0 Å². The lowest BCUT2D eigenvalue weighted by atomic mass is 10.0. The monoisotopic (exact) mass is 369 g/mol. The van der Waals surface area contributed by atoms with Gasteiger partial charge in [0.15, 0.2) is 0 Å². The first-order valence-corrected chi connectivity index (χ1v) is 8.18. The van der Waals surface area contributed by atoms with Crippen LogP contribution < -0.4 is 5.73 Å². The van der Waals surface area contributed by atoms with Gasteiger partial charge in [0, 0.05) is 33.2 Å². The molecule has 25 heavy (non-hydrogen) atoms. The van der Waals surface area contributed by atoms with E-state index in [-0.39, 0.29) is 6.54 Å². The van der Waals surface area contributed by atoms with Gasteiger partial charge in [-0.3, -0.25) is 4.79 Å². The van der Waals surface area contributed by atoms with Crippen LogP contribution in [0.25, 0.3) is 22.6 Å². The van der Waals surface area contributed by atoms with E-state index in [1.54, 1.807) is 35.0 Å². The number of nitrogens with zero attached hydrogens (tertiary/aromatic N) is 2. The van der Waals surface area contributed by atoms with E-state index >= 15 is 0 Å². The predicted octanol–water partition coefficient (Wildman–Crippen LogP) is 4.50. The van der Waals surface area contributed by atoms with Gasteiger partial charge in [-0.1, -0.05) is 47.5 Å². The minimum Gasteiger partial charge on any atom is -0.368 e. The van der Waals surface area contributed by atoms with Crippen molar-refractivity contribution in [3.8, 4) is 6.07 Å². The Balaban J connectivity index is 2.16. The fourth-order valence-corrected chi connectivity index (χ4v) is 3.23. The number of nitrogens with two attached hydrogens (primary N) is 1. The van der Waals surface area contributed by atoms with Crippen molar-refractivity contribution in [2.45, 2.75) is 6.54 Å². The number of amides is 1.